The van der Waals surface area contributed by atoms with Crippen molar-refractivity contribution in [2.75, 3.05) is 7.11 Å². The number of benzene rings is 1. The molecule has 3 N–H and O–H groups in total. The molecular formula is C12H16FNO3. The van der Waals surface area contributed by atoms with Crippen LogP contribution in [0.25, 0.3) is 0 Å². The van der Waals surface area contributed by atoms with Gasteiger partial charge in [-0.3, -0.25) is 4.79 Å². The number of carboxylic acid groups (broad SMARTS) is 1. The van der Waals surface area contributed by atoms with Crippen molar-refractivity contribution in [3.05, 3.63) is 29.1 Å². The van der Waals surface area contributed by atoms with Gasteiger partial charge in [-0.2, -0.15) is 0 Å². The molecule has 0 spiro atoms. The first-order valence-corrected chi connectivity index (χ1v) is 5.27. The van der Waals surface area contributed by atoms with E-state index in [4.69, 9.17) is 15.6 Å². The Morgan fingerprint density at radius 1 is 1.59 bits per heavy atom. The van der Waals surface area contributed by atoms with Crippen LogP contribution in [-0.2, 0) is 4.79 Å². The van der Waals surface area contributed by atoms with Crippen molar-refractivity contribution in [1.29, 1.82) is 0 Å². The fraction of sp³-hybridized carbons (Fsp3) is 0.417. The van der Waals surface area contributed by atoms with Crippen molar-refractivity contribution in [2.24, 2.45) is 5.73 Å². The Morgan fingerprint density at radius 2 is 2.24 bits per heavy atom. The number of ether oxygens (including phenoxy) is 1. The van der Waals surface area contributed by atoms with Crippen LogP contribution in [0.1, 0.15) is 30.0 Å². The van der Waals surface area contributed by atoms with Crippen molar-refractivity contribution in [3.63, 3.8) is 0 Å². The summed E-state index contributed by atoms with van der Waals surface area (Å²) in [4.78, 5) is 10.5. The third kappa shape index (κ3) is 3.17. The number of hydrogen-bond acceptors (Lipinski definition) is 3. The van der Waals surface area contributed by atoms with E-state index < -0.39 is 12.0 Å². The van der Waals surface area contributed by atoms with E-state index in [1.165, 1.54) is 19.2 Å². The highest BCUT2D eigenvalue weighted by atomic mass is 19.1. The lowest BCUT2D eigenvalue weighted by molar-refractivity contribution is -0.137. The molecule has 0 radical (unpaired) electrons. The highest BCUT2D eigenvalue weighted by Crippen LogP contribution is 2.31. The molecule has 0 saturated heterocycles. The summed E-state index contributed by atoms with van der Waals surface area (Å²) in [7, 11) is 1.44. The summed E-state index contributed by atoms with van der Waals surface area (Å²) in [5.74, 6) is -0.878. The second kappa shape index (κ2) is 5.63. The van der Waals surface area contributed by atoms with E-state index in [1.807, 2.05) is 0 Å². The highest BCUT2D eigenvalue weighted by molar-refractivity contribution is 5.66. The van der Waals surface area contributed by atoms with Crippen LogP contribution >= 0.6 is 0 Å². The Balaban J connectivity index is 2.97. The molecule has 1 atom stereocenters. The normalized spacial score (nSPS) is 12.2. The minimum atomic E-state index is -0.904. The second-order valence-electron chi connectivity index (χ2n) is 3.83. The van der Waals surface area contributed by atoms with Crippen LogP contribution in [0, 0.1) is 12.7 Å². The average Bonchev–Trinajstić information content (AvgIpc) is 2.29. The van der Waals surface area contributed by atoms with Crippen LogP contribution in [-0.4, -0.2) is 18.2 Å². The number of rotatable bonds is 5. The van der Waals surface area contributed by atoms with Gasteiger partial charge in [0.05, 0.1) is 7.11 Å². The molecule has 1 unspecified atom stereocenters. The fourth-order valence-corrected chi connectivity index (χ4v) is 1.69. The maximum Gasteiger partial charge on any atom is 0.303 e. The maximum absolute atomic E-state index is 13.3. The van der Waals surface area contributed by atoms with Crippen molar-refractivity contribution in [3.8, 4) is 5.75 Å². The molecule has 1 aromatic carbocycles. The molecule has 0 amide bonds. The van der Waals surface area contributed by atoms with Crippen molar-refractivity contribution in [1.82, 2.24) is 0 Å². The highest BCUT2D eigenvalue weighted by Gasteiger charge is 2.17. The number of halogens is 1. The number of nitrogens with two attached hydrogens (primary N) is 1. The van der Waals surface area contributed by atoms with E-state index in [0.717, 1.165) is 0 Å². The quantitative estimate of drug-likeness (QED) is 0.827. The van der Waals surface area contributed by atoms with E-state index in [-0.39, 0.29) is 18.7 Å². The van der Waals surface area contributed by atoms with Gasteiger partial charge in [-0.05, 0) is 19.4 Å². The first-order valence-electron chi connectivity index (χ1n) is 5.27. The van der Waals surface area contributed by atoms with Gasteiger partial charge in [-0.25, -0.2) is 4.39 Å². The zero-order valence-corrected chi connectivity index (χ0v) is 9.87. The summed E-state index contributed by atoms with van der Waals surface area (Å²) in [6.45, 7) is 1.60. The van der Waals surface area contributed by atoms with Crippen molar-refractivity contribution < 1.29 is 19.0 Å². The molecule has 0 aliphatic carbocycles. The van der Waals surface area contributed by atoms with E-state index >= 15 is 0 Å². The van der Waals surface area contributed by atoms with Gasteiger partial charge in [0.15, 0.2) is 0 Å². The number of carbonyl (C=O) groups is 1. The zero-order valence-electron chi connectivity index (χ0n) is 9.87. The Hall–Kier alpha value is -1.62. The average molecular weight is 241 g/mol. The first kappa shape index (κ1) is 13.4. The maximum atomic E-state index is 13.3. The summed E-state index contributed by atoms with van der Waals surface area (Å²) < 4.78 is 18.4. The third-order valence-electron chi connectivity index (χ3n) is 2.64. The molecule has 0 heterocycles. The minimum Gasteiger partial charge on any atom is -0.496 e. The van der Waals surface area contributed by atoms with Crippen LogP contribution in [0.5, 0.6) is 5.75 Å². The molecule has 5 heteroatoms. The second-order valence-corrected chi connectivity index (χ2v) is 3.83. The molecule has 1 aromatic rings. The van der Waals surface area contributed by atoms with Crippen LogP contribution in [0.15, 0.2) is 12.1 Å². The van der Waals surface area contributed by atoms with Gasteiger partial charge in [0.2, 0.25) is 0 Å². The van der Waals surface area contributed by atoms with Crippen LogP contribution < -0.4 is 10.5 Å². The Labute approximate surface area is 99.2 Å². The predicted molar refractivity (Wildman–Crippen MR) is 61.5 cm³/mol. The molecule has 4 nitrogen and oxygen atoms in total. The van der Waals surface area contributed by atoms with Gasteiger partial charge in [0.25, 0.3) is 0 Å². The molecule has 0 aromatic heterocycles. The Bertz CT molecular complexity index is 420. The van der Waals surface area contributed by atoms with Crippen molar-refractivity contribution in [2.45, 2.75) is 25.8 Å². The lowest BCUT2D eigenvalue weighted by Crippen LogP contribution is -2.14. The van der Waals surface area contributed by atoms with Gasteiger partial charge >= 0.3 is 5.97 Å². The first-order chi connectivity index (χ1) is 7.97. The molecular weight excluding hydrogens is 225 g/mol. The molecule has 0 saturated carbocycles. The Morgan fingerprint density at radius 3 is 2.76 bits per heavy atom. The number of methoxy groups -OCH3 is 1. The number of hydrogen-bond donors (Lipinski definition) is 2. The SMILES string of the molecule is COc1c(C(N)CCC(=O)O)ccc(F)c1C. The Kier molecular flexibility index (Phi) is 4.45. The number of carboxylic acids is 1. The van der Waals surface area contributed by atoms with E-state index in [9.17, 15) is 9.18 Å². The molecule has 94 valence electrons. The largest absolute Gasteiger partial charge is 0.496 e. The van der Waals surface area contributed by atoms with Crippen LogP contribution in [0.4, 0.5) is 4.39 Å². The van der Waals surface area contributed by atoms with Gasteiger partial charge in [0, 0.05) is 23.6 Å². The summed E-state index contributed by atoms with van der Waals surface area (Å²) >= 11 is 0. The number of aliphatic carboxylic acids is 1. The molecule has 17 heavy (non-hydrogen) atoms. The van der Waals surface area contributed by atoms with Crippen molar-refractivity contribution >= 4 is 5.97 Å². The summed E-state index contributed by atoms with van der Waals surface area (Å²) in [6, 6.07) is 2.38. The summed E-state index contributed by atoms with van der Waals surface area (Å²) in [5, 5.41) is 8.59. The molecule has 1 rings (SSSR count). The van der Waals surface area contributed by atoms with E-state index in [1.54, 1.807) is 6.92 Å². The smallest absolute Gasteiger partial charge is 0.303 e. The lowest BCUT2D eigenvalue weighted by atomic mass is 9.99. The topological polar surface area (TPSA) is 72.5 Å². The predicted octanol–water partition coefficient (Wildman–Crippen LogP) is 2.01. The third-order valence-corrected chi connectivity index (χ3v) is 2.64. The molecule has 0 fully saturated rings. The van der Waals surface area contributed by atoms with E-state index in [0.29, 0.717) is 16.9 Å². The van der Waals surface area contributed by atoms with E-state index in [2.05, 4.69) is 0 Å². The zero-order chi connectivity index (χ0) is 13.0. The van der Waals surface area contributed by atoms with Gasteiger partial charge in [-0.15, -0.1) is 0 Å². The lowest BCUT2D eigenvalue weighted by Gasteiger charge is -2.17. The summed E-state index contributed by atoms with van der Waals surface area (Å²) in [5.41, 5.74) is 6.89. The molecule has 0 aliphatic rings. The van der Waals surface area contributed by atoms with Gasteiger partial charge in [0.1, 0.15) is 11.6 Å². The van der Waals surface area contributed by atoms with Gasteiger partial charge in [-0.1, -0.05) is 6.07 Å². The minimum absolute atomic E-state index is 0.0270. The molecule has 0 aliphatic heterocycles. The van der Waals surface area contributed by atoms with Crippen LogP contribution in [0.2, 0.25) is 0 Å². The van der Waals surface area contributed by atoms with Gasteiger partial charge < -0.3 is 15.6 Å². The fourth-order valence-electron chi connectivity index (χ4n) is 1.69. The molecule has 0 bridgehead atoms. The summed E-state index contributed by atoms with van der Waals surface area (Å²) in [6.07, 6.45) is 0.261. The standard InChI is InChI=1S/C12H16FNO3/c1-7-9(13)4-3-8(12(7)17-2)10(14)5-6-11(15)16/h3-4,10H,5-6,14H2,1-2H3,(H,15,16). The van der Waals surface area contributed by atoms with Crippen LogP contribution in [0.3, 0.4) is 0 Å². The monoisotopic (exact) mass is 241 g/mol.